The first-order chi connectivity index (χ1) is 14.4. The zero-order chi connectivity index (χ0) is 21.3. The molecule has 0 bridgehead atoms. The lowest BCUT2D eigenvalue weighted by molar-refractivity contribution is -0.384. The van der Waals surface area contributed by atoms with E-state index < -0.39 is 10.8 Å². The van der Waals surface area contributed by atoms with Crippen molar-refractivity contribution in [3.05, 3.63) is 58.1 Å². The molecule has 2 heterocycles. The van der Waals surface area contributed by atoms with Gasteiger partial charge in [-0.1, -0.05) is 19.9 Å². The van der Waals surface area contributed by atoms with Crippen LogP contribution in [0.1, 0.15) is 24.2 Å². The molecule has 1 aliphatic rings. The third-order valence-corrected chi connectivity index (χ3v) is 4.26. The summed E-state index contributed by atoms with van der Waals surface area (Å²) in [5.74, 6) is 1.00. The molecule has 1 aliphatic heterocycles. The molecule has 30 heavy (non-hydrogen) atoms. The quantitative estimate of drug-likeness (QED) is 0.449. The van der Waals surface area contributed by atoms with Gasteiger partial charge in [-0.25, -0.2) is 0 Å². The lowest BCUT2D eigenvalue weighted by Crippen LogP contribution is -2.15. The van der Waals surface area contributed by atoms with Crippen molar-refractivity contribution in [2.24, 2.45) is 5.92 Å². The number of fused-ring (bicyclic) bond motifs is 1. The number of nitrogens with zero attached hydrogens (tertiary/aromatic N) is 4. The lowest BCUT2D eigenvalue weighted by Gasteiger charge is -2.05. The predicted molar refractivity (Wildman–Crippen MR) is 105 cm³/mol. The second kappa shape index (κ2) is 7.82. The monoisotopic (exact) mass is 410 g/mol. The molecule has 4 rings (SSSR count). The van der Waals surface area contributed by atoms with Crippen LogP contribution in [0, 0.1) is 16.0 Å². The van der Waals surface area contributed by atoms with E-state index in [1.54, 1.807) is 18.2 Å². The van der Waals surface area contributed by atoms with Crippen LogP contribution in [0.5, 0.6) is 17.5 Å². The molecule has 0 spiro atoms. The largest absolute Gasteiger partial charge is 0.462 e. The Morgan fingerprint density at radius 1 is 1.23 bits per heavy atom. The summed E-state index contributed by atoms with van der Waals surface area (Å²) in [5.41, 5.74) is 0.471. The van der Waals surface area contributed by atoms with Crippen molar-refractivity contribution in [1.82, 2.24) is 14.8 Å². The number of nitro benzene ring substituents is 1. The molecular weight excluding hydrogens is 392 g/mol. The van der Waals surface area contributed by atoms with Gasteiger partial charge in [0.2, 0.25) is 6.79 Å². The Labute approximate surface area is 171 Å². The van der Waals surface area contributed by atoms with Gasteiger partial charge in [-0.05, 0) is 30.2 Å². The summed E-state index contributed by atoms with van der Waals surface area (Å²) < 4.78 is 17.4. The smallest absolute Gasteiger partial charge is 0.336 e. The highest BCUT2D eigenvalue weighted by Crippen LogP contribution is 2.36. The number of hydrogen-bond donors (Lipinski definition) is 0. The molecule has 0 fully saturated rings. The predicted octanol–water partition coefficient (Wildman–Crippen LogP) is 3.31. The van der Waals surface area contributed by atoms with E-state index in [2.05, 4.69) is 10.1 Å². The minimum atomic E-state index is -0.571. The molecule has 0 N–H and O–H groups in total. The van der Waals surface area contributed by atoms with E-state index in [4.69, 9.17) is 14.2 Å². The van der Waals surface area contributed by atoms with Gasteiger partial charge in [-0.15, -0.1) is 5.10 Å². The van der Waals surface area contributed by atoms with Gasteiger partial charge in [-0.2, -0.15) is 9.67 Å². The summed E-state index contributed by atoms with van der Waals surface area (Å²) in [4.78, 5) is 28.0. The summed E-state index contributed by atoms with van der Waals surface area (Å²) in [6, 6.07) is 10.6. The fourth-order valence-corrected chi connectivity index (χ4v) is 2.83. The van der Waals surface area contributed by atoms with Crippen molar-refractivity contribution in [1.29, 1.82) is 0 Å². The number of non-ortho nitro benzene ring substituents is 1. The number of carbonyl (C=O) groups is 1. The van der Waals surface area contributed by atoms with Gasteiger partial charge >= 0.3 is 6.01 Å². The fraction of sp³-hybridized carbons (Fsp3) is 0.250. The topological polar surface area (TPSA) is 119 Å². The second-order valence-electron chi connectivity index (χ2n) is 7.02. The van der Waals surface area contributed by atoms with Gasteiger partial charge in [0.1, 0.15) is 0 Å². The van der Waals surface area contributed by atoms with Gasteiger partial charge in [0.15, 0.2) is 17.3 Å². The molecule has 2 aromatic carbocycles. The van der Waals surface area contributed by atoms with Crippen LogP contribution < -0.4 is 14.2 Å². The van der Waals surface area contributed by atoms with Crippen molar-refractivity contribution < 1.29 is 23.9 Å². The van der Waals surface area contributed by atoms with Crippen LogP contribution in [-0.4, -0.2) is 39.0 Å². The normalized spacial score (nSPS) is 12.2. The first kappa shape index (κ1) is 19.4. The van der Waals surface area contributed by atoms with Crippen LogP contribution in [0.25, 0.3) is 11.4 Å². The van der Waals surface area contributed by atoms with E-state index in [0.29, 0.717) is 23.7 Å². The third kappa shape index (κ3) is 3.79. The molecule has 1 aromatic heterocycles. The minimum absolute atomic E-state index is 0.0372. The lowest BCUT2D eigenvalue weighted by atomic mass is 10.1. The van der Waals surface area contributed by atoms with Gasteiger partial charge in [-0.3, -0.25) is 14.9 Å². The fourth-order valence-electron chi connectivity index (χ4n) is 2.83. The molecule has 10 heteroatoms. The number of aromatic nitrogens is 3. The number of ether oxygens (including phenoxy) is 3. The average Bonchev–Trinajstić information content (AvgIpc) is 3.38. The van der Waals surface area contributed by atoms with Crippen molar-refractivity contribution in [2.75, 3.05) is 13.4 Å². The van der Waals surface area contributed by atoms with Crippen LogP contribution >= 0.6 is 0 Å². The molecule has 0 atom stereocenters. The molecule has 3 aromatic rings. The molecule has 10 nitrogen and oxygen atoms in total. The number of hydrogen-bond acceptors (Lipinski definition) is 8. The van der Waals surface area contributed by atoms with E-state index in [1.807, 2.05) is 13.8 Å². The summed E-state index contributed by atoms with van der Waals surface area (Å²) >= 11 is 0. The van der Waals surface area contributed by atoms with Crippen LogP contribution in [0.2, 0.25) is 0 Å². The molecule has 0 radical (unpaired) electrons. The first-order valence-corrected chi connectivity index (χ1v) is 9.21. The Bertz CT molecular complexity index is 1120. The van der Waals surface area contributed by atoms with Crippen LogP contribution in [-0.2, 0) is 0 Å². The third-order valence-electron chi connectivity index (χ3n) is 4.26. The van der Waals surface area contributed by atoms with Gasteiger partial charge in [0.25, 0.3) is 11.6 Å². The maximum absolute atomic E-state index is 13.1. The van der Waals surface area contributed by atoms with Crippen LogP contribution in [0.4, 0.5) is 5.69 Å². The highest BCUT2D eigenvalue weighted by atomic mass is 16.7. The number of benzene rings is 2. The van der Waals surface area contributed by atoms with E-state index in [0.717, 1.165) is 4.68 Å². The van der Waals surface area contributed by atoms with Crippen molar-refractivity contribution in [3.8, 4) is 28.9 Å². The summed E-state index contributed by atoms with van der Waals surface area (Å²) in [5, 5.41) is 15.3. The Kier molecular flexibility index (Phi) is 5.05. The highest BCUT2D eigenvalue weighted by molar-refractivity contribution is 5.98. The zero-order valence-electron chi connectivity index (χ0n) is 16.3. The molecule has 154 valence electrons. The second-order valence-corrected chi connectivity index (χ2v) is 7.02. The Morgan fingerprint density at radius 2 is 2.03 bits per heavy atom. The van der Waals surface area contributed by atoms with Crippen LogP contribution in [0.3, 0.4) is 0 Å². The van der Waals surface area contributed by atoms with E-state index in [9.17, 15) is 14.9 Å². The Balaban J connectivity index is 1.76. The molecule has 0 amide bonds. The molecule has 0 aliphatic carbocycles. The number of carbonyl (C=O) groups excluding carboxylic acids is 1. The minimum Gasteiger partial charge on any atom is -0.462 e. The van der Waals surface area contributed by atoms with Crippen molar-refractivity contribution in [2.45, 2.75) is 13.8 Å². The zero-order valence-corrected chi connectivity index (χ0v) is 16.3. The summed E-state index contributed by atoms with van der Waals surface area (Å²) in [6.07, 6.45) is 0. The summed E-state index contributed by atoms with van der Waals surface area (Å²) in [6.45, 7) is 4.43. The van der Waals surface area contributed by atoms with Crippen molar-refractivity contribution >= 4 is 11.6 Å². The maximum Gasteiger partial charge on any atom is 0.336 e. The first-order valence-electron chi connectivity index (χ1n) is 9.21. The Morgan fingerprint density at radius 3 is 2.80 bits per heavy atom. The van der Waals surface area contributed by atoms with Gasteiger partial charge in [0, 0.05) is 23.3 Å². The molecular formula is C20H18N4O6. The van der Waals surface area contributed by atoms with E-state index >= 15 is 0 Å². The number of nitro groups is 1. The van der Waals surface area contributed by atoms with E-state index in [1.165, 1.54) is 24.3 Å². The molecule has 0 saturated heterocycles. The maximum atomic E-state index is 13.1. The number of rotatable bonds is 6. The Hall–Kier alpha value is -3.95. The standard InChI is InChI=1S/C20H18N4O6/c1-12(2)10-28-20-21-18(13-6-7-16-17(9-13)30-11-29-16)23(22-20)19(25)14-4-3-5-15(8-14)24(26)27/h3-9,12H,10-11H2,1-2H3. The van der Waals surface area contributed by atoms with E-state index in [-0.39, 0.29) is 35.8 Å². The average molecular weight is 410 g/mol. The SMILES string of the molecule is CC(C)COc1nc(-c2ccc3c(c2)OCO3)n(C(=O)c2cccc([N+](=O)[O-])c2)n1. The summed E-state index contributed by atoms with van der Waals surface area (Å²) in [7, 11) is 0. The van der Waals surface area contributed by atoms with Gasteiger partial charge in [0.05, 0.1) is 11.5 Å². The highest BCUT2D eigenvalue weighted by Gasteiger charge is 2.23. The van der Waals surface area contributed by atoms with Crippen LogP contribution in [0.15, 0.2) is 42.5 Å². The van der Waals surface area contributed by atoms with Crippen molar-refractivity contribution in [3.63, 3.8) is 0 Å². The molecule has 0 saturated carbocycles. The molecule has 0 unspecified atom stereocenters. The van der Waals surface area contributed by atoms with Gasteiger partial charge < -0.3 is 14.2 Å².